The van der Waals surface area contributed by atoms with Crippen LogP contribution < -0.4 is 14.8 Å². The number of ether oxygens (including phenoxy) is 2. The first-order chi connectivity index (χ1) is 9.92. The molecule has 0 aliphatic rings. The van der Waals surface area contributed by atoms with Crippen LogP contribution in [0.25, 0.3) is 10.2 Å². The average Bonchev–Trinajstić information content (AvgIpc) is 2.78. The lowest BCUT2D eigenvalue weighted by atomic mass is 10.2. The topological polar surface area (TPSA) is 43.4 Å². The zero-order valence-electron chi connectivity index (χ0n) is 13.0. The second-order valence-electron chi connectivity index (χ2n) is 5.25. The minimum Gasteiger partial charge on any atom is -0.487 e. The summed E-state index contributed by atoms with van der Waals surface area (Å²) >= 11 is 7.88. The van der Waals surface area contributed by atoms with Crippen LogP contribution in [0.5, 0.6) is 11.5 Å². The van der Waals surface area contributed by atoms with Crippen molar-refractivity contribution in [2.24, 2.45) is 0 Å². The third kappa shape index (κ3) is 3.71. The second-order valence-corrected chi connectivity index (χ2v) is 6.65. The van der Waals surface area contributed by atoms with Gasteiger partial charge in [0.2, 0.25) is 0 Å². The van der Waals surface area contributed by atoms with Gasteiger partial charge in [-0.2, -0.15) is 0 Å². The van der Waals surface area contributed by atoms with E-state index in [2.05, 4.69) is 10.3 Å². The molecular weight excluding hydrogens is 308 g/mol. The molecule has 1 aromatic carbocycles. The van der Waals surface area contributed by atoms with Crippen LogP contribution in [0.2, 0.25) is 5.02 Å². The predicted molar refractivity (Wildman–Crippen MR) is 90.3 cm³/mol. The van der Waals surface area contributed by atoms with Crippen molar-refractivity contribution in [3.63, 3.8) is 0 Å². The molecule has 6 heteroatoms. The average molecular weight is 329 g/mol. The van der Waals surface area contributed by atoms with Gasteiger partial charge in [0.15, 0.2) is 16.6 Å². The molecule has 2 rings (SSSR count). The highest BCUT2D eigenvalue weighted by Gasteiger charge is 2.20. The Kier molecular flexibility index (Phi) is 5.17. The molecule has 0 amide bonds. The Labute approximate surface area is 134 Å². The van der Waals surface area contributed by atoms with E-state index in [1.807, 2.05) is 34.6 Å². The van der Waals surface area contributed by atoms with Crippen molar-refractivity contribution >= 4 is 38.3 Å². The minimum atomic E-state index is 0.0496. The molecule has 0 atom stereocenters. The Morgan fingerprint density at radius 2 is 1.90 bits per heavy atom. The summed E-state index contributed by atoms with van der Waals surface area (Å²) in [6.07, 6.45) is 0.0998. The summed E-state index contributed by atoms with van der Waals surface area (Å²) in [6, 6.07) is 1.79. The molecule has 0 aliphatic heterocycles. The normalized spacial score (nSPS) is 11.4. The summed E-state index contributed by atoms with van der Waals surface area (Å²) in [4.78, 5) is 4.53. The van der Waals surface area contributed by atoms with E-state index in [4.69, 9.17) is 21.1 Å². The fourth-order valence-electron chi connectivity index (χ4n) is 1.91. The molecule has 116 valence electrons. The van der Waals surface area contributed by atoms with Crippen LogP contribution in [0.15, 0.2) is 6.07 Å². The number of aromatic nitrogens is 1. The van der Waals surface area contributed by atoms with Crippen LogP contribution in [-0.2, 0) is 0 Å². The van der Waals surface area contributed by atoms with Crippen molar-refractivity contribution in [2.75, 3.05) is 11.9 Å². The van der Waals surface area contributed by atoms with Gasteiger partial charge in [-0.1, -0.05) is 22.9 Å². The number of rotatable bonds is 6. The number of halogens is 1. The fraction of sp³-hybridized carbons (Fsp3) is 0.533. The molecule has 4 nitrogen and oxygen atoms in total. The standard InChI is InChI=1S/C15H21ClN2O2S/c1-6-17-15-18-12-10(16)7-11(19-8(2)3)13(14(12)21-15)20-9(4)5/h7-9H,6H2,1-5H3,(H,17,18). The number of hydrogen-bond donors (Lipinski definition) is 1. The van der Waals surface area contributed by atoms with Crippen LogP contribution in [-0.4, -0.2) is 23.7 Å². The van der Waals surface area contributed by atoms with Gasteiger partial charge in [-0.05, 0) is 34.6 Å². The number of nitrogens with zero attached hydrogens (tertiary/aromatic N) is 1. The Hall–Kier alpha value is -1.20. The SMILES string of the molecule is CCNc1nc2c(Cl)cc(OC(C)C)c(OC(C)C)c2s1. The first-order valence-corrected chi connectivity index (χ1v) is 8.32. The summed E-state index contributed by atoms with van der Waals surface area (Å²) in [5.74, 6) is 1.39. The van der Waals surface area contributed by atoms with Gasteiger partial charge in [-0.15, -0.1) is 0 Å². The second kappa shape index (κ2) is 6.71. The molecule has 0 aliphatic carbocycles. The fourth-order valence-corrected chi connectivity index (χ4v) is 3.24. The third-order valence-corrected chi connectivity index (χ3v) is 3.89. The minimum absolute atomic E-state index is 0.0496. The monoisotopic (exact) mass is 328 g/mol. The van der Waals surface area contributed by atoms with E-state index in [1.54, 1.807) is 6.07 Å². The van der Waals surface area contributed by atoms with Crippen molar-refractivity contribution in [3.05, 3.63) is 11.1 Å². The Balaban J connectivity index is 2.60. The van der Waals surface area contributed by atoms with Crippen molar-refractivity contribution in [1.82, 2.24) is 4.98 Å². The lowest BCUT2D eigenvalue weighted by Gasteiger charge is -2.17. The van der Waals surface area contributed by atoms with Crippen molar-refractivity contribution in [1.29, 1.82) is 0 Å². The van der Waals surface area contributed by atoms with Crippen LogP contribution >= 0.6 is 22.9 Å². The number of anilines is 1. The van der Waals surface area contributed by atoms with Crippen LogP contribution in [0, 0.1) is 0 Å². The predicted octanol–water partition coefficient (Wildman–Crippen LogP) is 4.96. The molecule has 21 heavy (non-hydrogen) atoms. The first kappa shape index (κ1) is 16.2. The Morgan fingerprint density at radius 3 is 2.48 bits per heavy atom. The highest BCUT2D eigenvalue weighted by atomic mass is 35.5. The molecule has 1 N–H and O–H groups in total. The van der Waals surface area contributed by atoms with E-state index in [0.29, 0.717) is 10.8 Å². The number of hydrogen-bond acceptors (Lipinski definition) is 5. The lowest BCUT2D eigenvalue weighted by Crippen LogP contribution is -2.11. The van der Waals surface area contributed by atoms with Gasteiger partial charge in [0.1, 0.15) is 10.2 Å². The molecule has 1 aromatic heterocycles. The molecule has 0 unspecified atom stereocenters. The smallest absolute Gasteiger partial charge is 0.183 e. The van der Waals surface area contributed by atoms with Crippen LogP contribution in [0.4, 0.5) is 5.13 Å². The molecule has 0 saturated carbocycles. The summed E-state index contributed by atoms with van der Waals surface area (Å²) in [6.45, 7) is 10.8. The zero-order valence-corrected chi connectivity index (χ0v) is 14.6. The summed E-state index contributed by atoms with van der Waals surface area (Å²) in [5.41, 5.74) is 0.754. The summed E-state index contributed by atoms with van der Waals surface area (Å²) in [5, 5.41) is 4.64. The first-order valence-electron chi connectivity index (χ1n) is 7.12. The molecule has 1 heterocycles. The largest absolute Gasteiger partial charge is 0.487 e. The highest BCUT2D eigenvalue weighted by Crippen LogP contribution is 2.45. The molecule has 0 bridgehead atoms. The van der Waals surface area contributed by atoms with E-state index in [-0.39, 0.29) is 12.2 Å². The molecular formula is C15H21ClN2O2S. The van der Waals surface area contributed by atoms with Gasteiger partial charge in [0, 0.05) is 12.6 Å². The molecule has 0 radical (unpaired) electrons. The van der Waals surface area contributed by atoms with Crippen molar-refractivity contribution in [3.8, 4) is 11.5 Å². The number of benzene rings is 1. The van der Waals surface area contributed by atoms with Gasteiger partial charge >= 0.3 is 0 Å². The number of fused-ring (bicyclic) bond motifs is 1. The maximum Gasteiger partial charge on any atom is 0.183 e. The van der Waals surface area contributed by atoms with Gasteiger partial charge in [0.05, 0.1) is 17.2 Å². The van der Waals surface area contributed by atoms with E-state index >= 15 is 0 Å². The molecule has 0 saturated heterocycles. The quantitative estimate of drug-likeness (QED) is 0.814. The summed E-state index contributed by atoms with van der Waals surface area (Å²) < 4.78 is 12.7. The van der Waals surface area contributed by atoms with E-state index in [1.165, 1.54) is 11.3 Å². The van der Waals surface area contributed by atoms with Crippen LogP contribution in [0.3, 0.4) is 0 Å². The van der Waals surface area contributed by atoms with Gasteiger partial charge in [-0.25, -0.2) is 4.98 Å². The third-order valence-electron chi connectivity index (χ3n) is 2.59. The molecule has 0 spiro atoms. The van der Waals surface area contributed by atoms with E-state index in [9.17, 15) is 0 Å². The number of thiazole rings is 1. The van der Waals surface area contributed by atoms with Crippen molar-refractivity contribution < 1.29 is 9.47 Å². The molecule has 0 fully saturated rings. The maximum atomic E-state index is 6.35. The number of nitrogens with one attached hydrogen (secondary N) is 1. The lowest BCUT2D eigenvalue weighted by molar-refractivity contribution is 0.201. The Bertz CT molecular complexity index is 626. The maximum absolute atomic E-state index is 6.35. The van der Waals surface area contributed by atoms with Gasteiger partial charge in [0.25, 0.3) is 0 Å². The zero-order chi connectivity index (χ0) is 15.6. The summed E-state index contributed by atoms with van der Waals surface area (Å²) in [7, 11) is 0. The van der Waals surface area contributed by atoms with Crippen LogP contribution in [0.1, 0.15) is 34.6 Å². The van der Waals surface area contributed by atoms with Gasteiger partial charge in [-0.3, -0.25) is 0 Å². The van der Waals surface area contributed by atoms with Crippen molar-refractivity contribution in [2.45, 2.75) is 46.8 Å². The van der Waals surface area contributed by atoms with Gasteiger partial charge < -0.3 is 14.8 Å². The molecule has 2 aromatic rings. The highest BCUT2D eigenvalue weighted by molar-refractivity contribution is 7.22. The van der Waals surface area contributed by atoms with E-state index < -0.39 is 0 Å². The van der Waals surface area contributed by atoms with E-state index in [0.717, 1.165) is 27.6 Å². The Morgan fingerprint density at radius 1 is 1.24 bits per heavy atom.